The zero-order valence-corrected chi connectivity index (χ0v) is 14.2. The van der Waals surface area contributed by atoms with Gasteiger partial charge in [0.15, 0.2) is 11.5 Å². The molecule has 0 aliphatic carbocycles. The van der Waals surface area contributed by atoms with E-state index < -0.39 is 12.0 Å². The number of benzene rings is 1. The minimum Gasteiger partial charge on any atom is -0.493 e. The molecule has 0 unspecified atom stereocenters. The summed E-state index contributed by atoms with van der Waals surface area (Å²) in [4.78, 5) is 27.4. The third kappa shape index (κ3) is 3.23. The molecule has 1 amide bonds. The second kappa shape index (κ2) is 7.39. The Morgan fingerprint density at radius 1 is 1.08 bits per heavy atom. The zero-order chi connectivity index (χ0) is 17.9. The Morgan fingerprint density at radius 3 is 2.29 bits per heavy atom. The number of ether oxygens (including phenoxy) is 3. The average Bonchev–Trinajstić information content (AvgIpc) is 2.59. The molecule has 0 bridgehead atoms. The van der Waals surface area contributed by atoms with Crippen LogP contribution in [0.5, 0.6) is 17.2 Å². The van der Waals surface area contributed by atoms with Gasteiger partial charge in [-0.15, -0.1) is 0 Å². The van der Waals surface area contributed by atoms with Crippen molar-refractivity contribution >= 4 is 11.9 Å². The van der Waals surface area contributed by atoms with E-state index in [1.165, 1.54) is 26.2 Å². The van der Waals surface area contributed by atoms with E-state index in [-0.39, 0.29) is 18.2 Å². The number of piperazine rings is 1. The molecule has 0 spiro atoms. The number of nitrogens with zero attached hydrogens (tertiary/aromatic N) is 2. The van der Waals surface area contributed by atoms with Gasteiger partial charge in [-0.3, -0.25) is 14.5 Å². The molecule has 1 aromatic carbocycles. The molecule has 1 aliphatic rings. The number of methoxy groups -OCH3 is 3. The molecule has 1 aromatic rings. The highest BCUT2D eigenvalue weighted by Gasteiger charge is 2.34. The van der Waals surface area contributed by atoms with Gasteiger partial charge in [0.2, 0.25) is 5.75 Å². The van der Waals surface area contributed by atoms with Gasteiger partial charge in [0.05, 0.1) is 26.9 Å². The smallest absolute Gasteiger partial charge is 0.322 e. The topological polar surface area (TPSA) is 88.5 Å². The third-order valence-electron chi connectivity index (χ3n) is 4.15. The molecular weight excluding hydrogens is 316 g/mol. The molecular formula is C16H22N2O6. The van der Waals surface area contributed by atoms with Crippen LogP contribution < -0.4 is 14.2 Å². The molecule has 1 saturated heterocycles. The molecule has 8 nitrogen and oxygen atoms in total. The molecule has 2 rings (SSSR count). The number of aliphatic carboxylic acids is 1. The SMILES string of the molecule is COc1ccc(C(=O)N2CCN(C)[C@H](C(=O)O)C2)c(OC)c1OC. The lowest BCUT2D eigenvalue weighted by molar-refractivity contribution is -0.144. The van der Waals surface area contributed by atoms with Crippen molar-refractivity contribution < 1.29 is 28.9 Å². The first-order valence-electron chi connectivity index (χ1n) is 7.45. The highest BCUT2D eigenvalue weighted by molar-refractivity contribution is 5.98. The molecule has 24 heavy (non-hydrogen) atoms. The first kappa shape index (κ1) is 17.9. The fourth-order valence-electron chi connectivity index (χ4n) is 2.76. The van der Waals surface area contributed by atoms with Crippen molar-refractivity contribution in [1.29, 1.82) is 0 Å². The van der Waals surface area contributed by atoms with E-state index in [1.54, 1.807) is 24.1 Å². The number of carboxylic acids is 1. The predicted molar refractivity (Wildman–Crippen MR) is 86.1 cm³/mol. The summed E-state index contributed by atoms with van der Waals surface area (Å²) < 4.78 is 15.8. The van der Waals surface area contributed by atoms with Crippen LogP contribution in [-0.4, -0.2) is 80.8 Å². The maximum Gasteiger partial charge on any atom is 0.322 e. The number of hydrogen-bond donors (Lipinski definition) is 1. The number of carbonyl (C=O) groups is 2. The van der Waals surface area contributed by atoms with Gasteiger partial charge < -0.3 is 24.2 Å². The Labute approximate surface area is 140 Å². The van der Waals surface area contributed by atoms with Gasteiger partial charge >= 0.3 is 5.97 Å². The Balaban J connectivity index is 2.34. The molecule has 132 valence electrons. The number of amides is 1. The monoisotopic (exact) mass is 338 g/mol. The minimum absolute atomic E-state index is 0.113. The molecule has 0 saturated carbocycles. The van der Waals surface area contributed by atoms with Gasteiger partial charge in [0.25, 0.3) is 5.91 Å². The van der Waals surface area contributed by atoms with Crippen LogP contribution in [0.3, 0.4) is 0 Å². The third-order valence-corrected chi connectivity index (χ3v) is 4.15. The summed E-state index contributed by atoms with van der Waals surface area (Å²) in [6, 6.07) is 2.49. The second-order valence-corrected chi connectivity index (χ2v) is 5.47. The van der Waals surface area contributed by atoms with E-state index in [2.05, 4.69) is 0 Å². The van der Waals surface area contributed by atoms with E-state index in [1.807, 2.05) is 0 Å². The van der Waals surface area contributed by atoms with Crippen LogP contribution in [0.4, 0.5) is 0 Å². The van der Waals surface area contributed by atoms with Crippen molar-refractivity contribution in [3.05, 3.63) is 17.7 Å². The Bertz CT molecular complexity index is 633. The van der Waals surface area contributed by atoms with Crippen molar-refractivity contribution in [3.63, 3.8) is 0 Å². The largest absolute Gasteiger partial charge is 0.493 e. The van der Waals surface area contributed by atoms with Gasteiger partial charge in [-0.25, -0.2) is 0 Å². The van der Waals surface area contributed by atoms with Crippen molar-refractivity contribution in [2.75, 3.05) is 48.0 Å². The van der Waals surface area contributed by atoms with Gasteiger partial charge in [-0.1, -0.05) is 0 Å². The van der Waals surface area contributed by atoms with Crippen LogP contribution in [0.2, 0.25) is 0 Å². The summed E-state index contributed by atoms with van der Waals surface area (Å²) in [5.41, 5.74) is 0.309. The van der Waals surface area contributed by atoms with Gasteiger partial charge in [0, 0.05) is 19.6 Å². The number of carboxylic acid groups (broad SMARTS) is 1. The van der Waals surface area contributed by atoms with Crippen molar-refractivity contribution in [2.24, 2.45) is 0 Å². The van der Waals surface area contributed by atoms with Crippen molar-refractivity contribution in [2.45, 2.75) is 6.04 Å². The van der Waals surface area contributed by atoms with Gasteiger partial charge in [-0.05, 0) is 19.2 Å². The Morgan fingerprint density at radius 2 is 1.75 bits per heavy atom. The van der Waals surface area contributed by atoms with E-state index in [4.69, 9.17) is 14.2 Å². The lowest BCUT2D eigenvalue weighted by atomic mass is 10.1. The minimum atomic E-state index is -0.950. The van der Waals surface area contributed by atoms with Crippen molar-refractivity contribution in [1.82, 2.24) is 9.80 Å². The highest BCUT2D eigenvalue weighted by Crippen LogP contribution is 2.40. The maximum absolute atomic E-state index is 12.9. The summed E-state index contributed by atoms with van der Waals surface area (Å²) in [5, 5.41) is 9.29. The maximum atomic E-state index is 12.9. The van der Waals surface area contributed by atoms with Crippen molar-refractivity contribution in [3.8, 4) is 17.2 Å². The van der Waals surface area contributed by atoms with E-state index in [0.717, 1.165) is 0 Å². The first-order valence-corrected chi connectivity index (χ1v) is 7.45. The number of likely N-dealkylation sites (N-methyl/N-ethyl adjacent to an activating group) is 1. The summed E-state index contributed by atoms with van der Waals surface area (Å²) in [6.45, 7) is 1.04. The summed E-state index contributed by atoms with van der Waals surface area (Å²) >= 11 is 0. The predicted octanol–water partition coefficient (Wildman–Crippen LogP) is 0.553. The average molecular weight is 338 g/mol. The molecule has 0 radical (unpaired) electrons. The summed E-state index contributed by atoms with van der Waals surface area (Å²) in [6.07, 6.45) is 0. The van der Waals surface area contributed by atoms with Crippen LogP contribution in [0.15, 0.2) is 12.1 Å². The quantitative estimate of drug-likeness (QED) is 0.839. The summed E-state index contributed by atoms with van der Waals surface area (Å²) in [7, 11) is 6.14. The van der Waals surface area contributed by atoms with Crippen LogP contribution in [0, 0.1) is 0 Å². The normalized spacial score (nSPS) is 18.2. The second-order valence-electron chi connectivity index (χ2n) is 5.47. The fraction of sp³-hybridized carbons (Fsp3) is 0.500. The molecule has 8 heteroatoms. The fourth-order valence-corrected chi connectivity index (χ4v) is 2.76. The molecule has 1 N–H and O–H groups in total. The summed E-state index contributed by atoms with van der Waals surface area (Å²) in [5.74, 6) is -0.198. The molecule has 1 fully saturated rings. The van der Waals surface area contributed by atoms with E-state index in [0.29, 0.717) is 30.2 Å². The number of carbonyl (C=O) groups excluding carboxylic acids is 1. The molecule has 1 aliphatic heterocycles. The van der Waals surface area contributed by atoms with Gasteiger partial charge in [-0.2, -0.15) is 0 Å². The first-order chi connectivity index (χ1) is 11.4. The standard InChI is InChI=1S/C16H22N2O6/c1-17-7-8-18(9-11(17)16(20)21)15(19)10-5-6-12(22-2)14(24-4)13(10)23-3/h5-6,11H,7-9H2,1-4H3,(H,20,21)/t11-/m0/s1. The number of rotatable bonds is 5. The van der Waals surface area contributed by atoms with Crippen LogP contribution in [0.1, 0.15) is 10.4 Å². The van der Waals surface area contributed by atoms with Crippen LogP contribution >= 0.6 is 0 Å². The highest BCUT2D eigenvalue weighted by atomic mass is 16.5. The Kier molecular flexibility index (Phi) is 5.50. The van der Waals surface area contributed by atoms with Gasteiger partial charge in [0.1, 0.15) is 6.04 Å². The molecule has 1 heterocycles. The molecule has 1 atom stereocenters. The number of hydrogen-bond acceptors (Lipinski definition) is 6. The lowest BCUT2D eigenvalue weighted by Gasteiger charge is -2.37. The Hall–Kier alpha value is -2.48. The van der Waals surface area contributed by atoms with E-state index in [9.17, 15) is 14.7 Å². The van der Waals surface area contributed by atoms with Crippen LogP contribution in [0.25, 0.3) is 0 Å². The zero-order valence-electron chi connectivity index (χ0n) is 14.2. The lowest BCUT2D eigenvalue weighted by Crippen LogP contribution is -2.56. The van der Waals surface area contributed by atoms with E-state index >= 15 is 0 Å². The van der Waals surface area contributed by atoms with Crippen LogP contribution in [-0.2, 0) is 4.79 Å². The molecule has 0 aromatic heterocycles.